The first kappa shape index (κ1) is 23.9. The lowest BCUT2D eigenvalue weighted by Gasteiger charge is -2.53. The van der Waals surface area contributed by atoms with Gasteiger partial charge >= 0.3 is 6.03 Å². The number of hydrogen-bond acceptors (Lipinski definition) is 4. The van der Waals surface area contributed by atoms with E-state index in [1.165, 1.54) is 32.4 Å². The molecule has 5 rings (SSSR count). The van der Waals surface area contributed by atoms with E-state index in [4.69, 9.17) is 0 Å². The third-order valence-corrected chi connectivity index (χ3v) is 8.99. The van der Waals surface area contributed by atoms with Crippen molar-refractivity contribution < 1.29 is 14.4 Å². The van der Waals surface area contributed by atoms with E-state index in [0.29, 0.717) is 43.3 Å². The minimum absolute atomic E-state index is 0.0292. The molecule has 2 unspecified atom stereocenters. The van der Waals surface area contributed by atoms with Crippen molar-refractivity contribution in [3.8, 4) is 0 Å². The molecule has 1 N–H and O–H groups in total. The van der Waals surface area contributed by atoms with Gasteiger partial charge in [-0.3, -0.25) is 9.59 Å². The van der Waals surface area contributed by atoms with E-state index in [0.717, 1.165) is 71.2 Å². The van der Waals surface area contributed by atoms with Gasteiger partial charge in [0.1, 0.15) is 0 Å². The second kappa shape index (κ2) is 10.8. The van der Waals surface area contributed by atoms with Crippen LogP contribution >= 0.6 is 0 Å². The molecule has 0 radical (unpaired) electrons. The van der Waals surface area contributed by atoms with E-state index in [1.807, 2.05) is 4.90 Å². The first-order valence-corrected chi connectivity index (χ1v) is 13.9. The van der Waals surface area contributed by atoms with Crippen LogP contribution in [0.4, 0.5) is 4.79 Å². The zero-order valence-corrected chi connectivity index (χ0v) is 20.8. The first-order valence-electron chi connectivity index (χ1n) is 13.9. The van der Waals surface area contributed by atoms with Crippen LogP contribution in [0.25, 0.3) is 0 Å². The predicted molar refractivity (Wildman–Crippen MR) is 130 cm³/mol. The molecular weight excluding hydrogens is 430 g/mol. The fourth-order valence-electron chi connectivity index (χ4n) is 7.14. The van der Waals surface area contributed by atoms with Gasteiger partial charge in [0.15, 0.2) is 0 Å². The van der Waals surface area contributed by atoms with Crippen LogP contribution in [0.5, 0.6) is 0 Å². The molecular formula is C26H43N5O3. The Bertz CT molecular complexity index is 747. The van der Waals surface area contributed by atoms with Crippen LogP contribution in [0.15, 0.2) is 0 Å². The van der Waals surface area contributed by atoms with Gasteiger partial charge in [-0.2, -0.15) is 0 Å². The van der Waals surface area contributed by atoms with Crippen molar-refractivity contribution in [2.75, 3.05) is 58.9 Å². The van der Waals surface area contributed by atoms with Crippen molar-refractivity contribution in [3.63, 3.8) is 0 Å². The maximum absolute atomic E-state index is 13.3. The van der Waals surface area contributed by atoms with E-state index >= 15 is 0 Å². The summed E-state index contributed by atoms with van der Waals surface area (Å²) in [5, 5.41) is 3.14. The van der Waals surface area contributed by atoms with Crippen LogP contribution < -0.4 is 5.32 Å². The summed E-state index contributed by atoms with van der Waals surface area (Å²) in [5.74, 6) is 1.35. The maximum atomic E-state index is 13.3. The normalized spacial score (nSPS) is 30.8. The van der Waals surface area contributed by atoms with Crippen LogP contribution in [-0.4, -0.2) is 102 Å². The SMILES string of the molecule is O=C(NCCCN1CCCCC1)C1CCN(C(=O)N2CC3CC(C2)[C@H]2CCCC(=O)N2C3)CC1. The Kier molecular flexibility index (Phi) is 7.61. The van der Waals surface area contributed by atoms with Crippen molar-refractivity contribution in [1.29, 1.82) is 0 Å². The minimum Gasteiger partial charge on any atom is -0.356 e. The number of carbonyl (C=O) groups excluding carboxylic acids is 3. The Balaban J connectivity index is 1.04. The smallest absolute Gasteiger partial charge is 0.320 e. The number of hydrogen-bond donors (Lipinski definition) is 1. The van der Waals surface area contributed by atoms with Crippen LogP contribution in [0, 0.1) is 17.8 Å². The fourth-order valence-corrected chi connectivity index (χ4v) is 7.14. The Labute approximate surface area is 204 Å². The molecule has 5 heterocycles. The lowest BCUT2D eigenvalue weighted by atomic mass is 9.76. The lowest BCUT2D eigenvalue weighted by molar-refractivity contribution is -0.144. The van der Waals surface area contributed by atoms with E-state index < -0.39 is 0 Å². The van der Waals surface area contributed by atoms with E-state index in [9.17, 15) is 14.4 Å². The molecule has 5 aliphatic rings. The molecule has 4 amide bonds. The topological polar surface area (TPSA) is 76.2 Å². The molecule has 0 aromatic carbocycles. The Morgan fingerprint density at radius 2 is 1.68 bits per heavy atom. The third kappa shape index (κ3) is 5.37. The van der Waals surface area contributed by atoms with Crippen LogP contribution in [0.2, 0.25) is 0 Å². The summed E-state index contributed by atoms with van der Waals surface area (Å²) in [6.07, 6.45) is 10.4. The van der Waals surface area contributed by atoms with Crippen molar-refractivity contribution in [1.82, 2.24) is 24.9 Å². The van der Waals surface area contributed by atoms with Gasteiger partial charge in [0.2, 0.25) is 11.8 Å². The highest BCUT2D eigenvalue weighted by Crippen LogP contribution is 2.38. The summed E-state index contributed by atoms with van der Waals surface area (Å²) in [5.41, 5.74) is 0. The number of piperidine rings is 5. The number of rotatable bonds is 5. The highest BCUT2D eigenvalue weighted by atomic mass is 16.2. The molecule has 8 heteroatoms. The highest BCUT2D eigenvalue weighted by Gasteiger charge is 2.45. The molecule has 34 heavy (non-hydrogen) atoms. The maximum Gasteiger partial charge on any atom is 0.320 e. The van der Waals surface area contributed by atoms with Gasteiger partial charge in [0, 0.05) is 57.6 Å². The molecule has 0 saturated carbocycles. The minimum atomic E-state index is 0.0292. The number of carbonyl (C=O) groups is 3. The predicted octanol–water partition coefficient (Wildman–Crippen LogP) is 2.14. The van der Waals surface area contributed by atoms with Crippen LogP contribution in [0.1, 0.15) is 64.2 Å². The second-order valence-electron chi connectivity index (χ2n) is 11.4. The van der Waals surface area contributed by atoms with Crippen molar-refractivity contribution in [2.45, 2.75) is 70.3 Å². The highest BCUT2D eigenvalue weighted by molar-refractivity contribution is 5.80. The summed E-state index contributed by atoms with van der Waals surface area (Å²) < 4.78 is 0. The summed E-state index contributed by atoms with van der Waals surface area (Å²) in [4.78, 5) is 47.0. The fraction of sp³-hybridized carbons (Fsp3) is 0.885. The molecule has 5 fully saturated rings. The van der Waals surface area contributed by atoms with Crippen LogP contribution in [-0.2, 0) is 9.59 Å². The van der Waals surface area contributed by atoms with Crippen molar-refractivity contribution >= 4 is 17.8 Å². The Hall–Kier alpha value is -1.83. The molecule has 5 saturated heterocycles. The van der Waals surface area contributed by atoms with E-state index in [-0.39, 0.29) is 17.9 Å². The molecule has 190 valence electrons. The monoisotopic (exact) mass is 473 g/mol. The zero-order chi connectivity index (χ0) is 23.5. The molecule has 3 atom stereocenters. The van der Waals surface area contributed by atoms with Crippen molar-refractivity contribution in [3.05, 3.63) is 0 Å². The molecule has 0 aromatic rings. The van der Waals surface area contributed by atoms with Crippen LogP contribution in [0.3, 0.4) is 0 Å². The molecule has 2 bridgehead atoms. The molecule has 5 aliphatic heterocycles. The number of fused-ring (bicyclic) bond motifs is 4. The summed E-state index contributed by atoms with van der Waals surface area (Å²) >= 11 is 0. The molecule has 0 aliphatic carbocycles. The van der Waals surface area contributed by atoms with Gasteiger partial charge in [-0.05, 0) is 82.8 Å². The lowest BCUT2D eigenvalue weighted by Crippen LogP contribution is -2.62. The van der Waals surface area contributed by atoms with Gasteiger partial charge in [-0.1, -0.05) is 6.42 Å². The van der Waals surface area contributed by atoms with Gasteiger partial charge in [0.05, 0.1) is 0 Å². The average Bonchev–Trinajstić information content (AvgIpc) is 2.87. The summed E-state index contributed by atoms with van der Waals surface area (Å²) in [6.45, 7) is 7.96. The number of likely N-dealkylation sites (tertiary alicyclic amines) is 3. The quantitative estimate of drug-likeness (QED) is 0.621. The summed E-state index contributed by atoms with van der Waals surface area (Å²) in [6, 6.07) is 0.475. The third-order valence-electron chi connectivity index (χ3n) is 8.99. The largest absolute Gasteiger partial charge is 0.356 e. The van der Waals surface area contributed by atoms with E-state index in [1.54, 1.807) is 0 Å². The number of amides is 4. The standard InChI is InChI=1S/C26H43N5O3/c32-24-7-4-6-23-22-16-20(18-31(23)24)17-30(19-22)26(34)29-14-8-21(9-15-29)25(33)27-10-5-13-28-11-2-1-3-12-28/h20-23H,1-19H2,(H,27,33)/t20?,22?,23-/m1/s1. The second-order valence-corrected chi connectivity index (χ2v) is 11.4. The van der Waals surface area contributed by atoms with Gasteiger partial charge in [-0.25, -0.2) is 4.79 Å². The number of nitrogens with one attached hydrogen (secondary N) is 1. The molecule has 8 nitrogen and oxygen atoms in total. The molecule has 0 spiro atoms. The summed E-state index contributed by atoms with van der Waals surface area (Å²) in [7, 11) is 0. The number of urea groups is 1. The average molecular weight is 474 g/mol. The van der Waals surface area contributed by atoms with Gasteiger partial charge in [-0.15, -0.1) is 0 Å². The van der Waals surface area contributed by atoms with Gasteiger partial charge < -0.3 is 24.9 Å². The molecule has 0 aromatic heterocycles. The Morgan fingerprint density at radius 3 is 2.47 bits per heavy atom. The zero-order valence-electron chi connectivity index (χ0n) is 20.8. The van der Waals surface area contributed by atoms with Gasteiger partial charge in [0.25, 0.3) is 0 Å². The first-order chi connectivity index (χ1) is 16.6. The Morgan fingerprint density at radius 1 is 0.882 bits per heavy atom. The number of nitrogens with zero attached hydrogens (tertiary/aromatic N) is 4. The van der Waals surface area contributed by atoms with Crippen molar-refractivity contribution in [2.24, 2.45) is 17.8 Å². The van der Waals surface area contributed by atoms with E-state index in [2.05, 4.69) is 20.0 Å².